The quantitative estimate of drug-likeness (QED) is 0.239. The predicted octanol–water partition coefficient (Wildman–Crippen LogP) is 6.26. The smallest absolute Gasteiger partial charge is 0.320 e. The summed E-state index contributed by atoms with van der Waals surface area (Å²) >= 11 is 6.56. The van der Waals surface area contributed by atoms with E-state index in [2.05, 4.69) is 0 Å². The van der Waals surface area contributed by atoms with Crippen LogP contribution in [0.5, 0.6) is 5.75 Å². The topological polar surface area (TPSA) is 61.8 Å². The summed E-state index contributed by atoms with van der Waals surface area (Å²) in [7, 11) is 0. The molecule has 0 atom stereocenters. The van der Waals surface area contributed by atoms with Crippen molar-refractivity contribution in [3.63, 3.8) is 0 Å². The molecule has 6 heteroatoms. The van der Waals surface area contributed by atoms with Crippen molar-refractivity contribution in [2.45, 2.75) is 33.3 Å². The van der Waals surface area contributed by atoms with Crippen molar-refractivity contribution in [2.24, 2.45) is 5.92 Å². The van der Waals surface area contributed by atoms with Gasteiger partial charge in [0.1, 0.15) is 12.4 Å². The number of carbonyl (C=O) groups excluding carboxylic acids is 2. The van der Waals surface area contributed by atoms with Crippen LogP contribution in [-0.2, 0) is 32.1 Å². The van der Waals surface area contributed by atoms with Crippen molar-refractivity contribution >= 4 is 23.5 Å². The van der Waals surface area contributed by atoms with E-state index in [-0.39, 0.29) is 19.6 Å². The molecule has 0 N–H and O–H groups in total. The Kier molecular flexibility index (Phi) is 9.53. The van der Waals surface area contributed by atoms with Crippen LogP contribution in [0.3, 0.4) is 0 Å². The molecule has 0 aromatic heterocycles. The Labute approximate surface area is 205 Å². The van der Waals surface area contributed by atoms with Crippen LogP contribution in [0.2, 0.25) is 5.02 Å². The summed E-state index contributed by atoms with van der Waals surface area (Å²) in [6.07, 6.45) is 0.710. The van der Waals surface area contributed by atoms with Crippen LogP contribution in [0.1, 0.15) is 31.4 Å². The highest BCUT2D eigenvalue weighted by Gasteiger charge is 2.29. The first-order valence-corrected chi connectivity index (χ1v) is 11.8. The SMILES string of the molecule is CCOC(=O)C(CCc1ccc(-c2cccc(OCc3ccccc3)c2)cc1Cl)C(=O)OCC. The molecule has 3 aromatic carbocycles. The van der Waals surface area contributed by atoms with Crippen LogP contribution in [-0.4, -0.2) is 25.2 Å². The highest BCUT2D eigenvalue weighted by atomic mass is 35.5. The molecular formula is C28H29ClO5. The molecule has 5 nitrogen and oxygen atoms in total. The summed E-state index contributed by atoms with van der Waals surface area (Å²) in [5, 5.41) is 0.569. The van der Waals surface area contributed by atoms with Gasteiger partial charge in [-0.3, -0.25) is 9.59 Å². The third-order valence-corrected chi connectivity index (χ3v) is 5.67. The fourth-order valence-corrected chi connectivity index (χ4v) is 3.83. The van der Waals surface area contributed by atoms with E-state index in [0.717, 1.165) is 28.0 Å². The van der Waals surface area contributed by atoms with Crippen LogP contribution in [0.15, 0.2) is 72.8 Å². The molecule has 0 unspecified atom stereocenters. The van der Waals surface area contributed by atoms with Gasteiger partial charge in [0.05, 0.1) is 13.2 Å². The molecule has 0 heterocycles. The largest absolute Gasteiger partial charge is 0.489 e. The molecular weight excluding hydrogens is 452 g/mol. The van der Waals surface area contributed by atoms with Crippen LogP contribution in [0.4, 0.5) is 0 Å². The van der Waals surface area contributed by atoms with Crippen LogP contribution in [0.25, 0.3) is 11.1 Å². The first kappa shape index (κ1) is 25.3. The highest BCUT2D eigenvalue weighted by molar-refractivity contribution is 6.31. The standard InChI is InChI=1S/C28H29ClO5/c1-3-32-27(30)25(28(31)33-4-2)16-15-21-13-14-23(18-26(21)29)22-11-8-12-24(17-22)34-19-20-9-6-5-7-10-20/h5-14,17-18,25H,3-4,15-16,19H2,1-2H3. The molecule has 34 heavy (non-hydrogen) atoms. The van der Waals surface area contributed by atoms with Gasteiger partial charge in [0, 0.05) is 5.02 Å². The third kappa shape index (κ3) is 7.09. The van der Waals surface area contributed by atoms with Gasteiger partial charge >= 0.3 is 11.9 Å². The maximum Gasteiger partial charge on any atom is 0.320 e. The maximum atomic E-state index is 12.2. The van der Waals surface area contributed by atoms with Crippen molar-refractivity contribution < 1.29 is 23.8 Å². The summed E-state index contributed by atoms with van der Waals surface area (Å²) in [4.78, 5) is 24.4. The number of hydrogen-bond acceptors (Lipinski definition) is 5. The second kappa shape index (κ2) is 12.8. The minimum atomic E-state index is -0.964. The minimum absolute atomic E-state index is 0.207. The maximum absolute atomic E-state index is 12.2. The van der Waals surface area contributed by atoms with Gasteiger partial charge in [-0.1, -0.05) is 66.2 Å². The van der Waals surface area contributed by atoms with E-state index in [0.29, 0.717) is 18.1 Å². The van der Waals surface area contributed by atoms with Gasteiger partial charge in [-0.25, -0.2) is 0 Å². The van der Waals surface area contributed by atoms with E-state index < -0.39 is 17.9 Å². The number of ether oxygens (including phenoxy) is 3. The fraction of sp³-hybridized carbons (Fsp3) is 0.286. The molecule has 0 saturated carbocycles. The zero-order valence-corrected chi connectivity index (χ0v) is 20.2. The van der Waals surface area contributed by atoms with Gasteiger partial charge in [-0.2, -0.15) is 0 Å². The second-order valence-electron chi connectivity index (χ2n) is 7.70. The van der Waals surface area contributed by atoms with E-state index in [1.807, 2.05) is 72.8 Å². The van der Waals surface area contributed by atoms with Crippen LogP contribution < -0.4 is 4.74 Å². The van der Waals surface area contributed by atoms with Crippen LogP contribution >= 0.6 is 11.6 Å². The normalized spacial score (nSPS) is 10.7. The van der Waals surface area contributed by atoms with Crippen molar-refractivity contribution in [1.82, 2.24) is 0 Å². The van der Waals surface area contributed by atoms with E-state index in [4.69, 9.17) is 25.8 Å². The third-order valence-electron chi connectivity index (χ3n) is 5.31. The Hall–Kier alpha value is -3.31. The average molecular weight is 481 g/mol. The molecule has 3 rings (SSSR count). The Morgan fingerprint density at radius 1 is 0.824 bits per heavy atom. The summed E-state index contributed by atoms with van der Waals surface area (Å²) in [6, 6.07) is 23.6. The number of rotatable bonds is 11. The van der Waals surface area contributed by atoms with Gasteiger partial charge in [-0.15, -0.1) is 0 Å². The lowest BCUT2D eigenvalue weighted by atomic mass is 9.97. The lowest BCUT2D eigenvalue weighted by molar-refractivity contribution is -0.161. The Morgan fingerprint density at radius 3 is 2.15 bits per heavy atom. The first-order valence-electron chi connectivity index (χ1n) is 11.4. The molecule has 0 aliphatic rings. The summed E-state index contributed by atoms with van der Waals surface area (Å²) in [5.41, 5.74) is 3.88. The lowest BCUT2D eigenvalue weighted by Crippen LogP contribution is -2.28. The van der Waals surface area contributed by atoms with Crippen molar-refractivity contribution in [3.05, 3.63) is 88.9 Å². The number of halogens is 1. The second-order valence-corrected chi connectivity index (χ2v) is 8.11. The summed E-state index contributed by atoms with van der Waals surface area (Å²) in [6.45, 7) is 4.32. The van der Waals surface area contributed by atoms with E-state index in [1.54, 1.807) is 13.8 Å². The van der Waals surface area contributed by atoms with E-state index >= 15 is 0 Å². The molecule has 0 spiro atoms. The molecule has 0 fully saturated rings. The molecule has 0 saturated heterocycles. The monoisotopic (exact) mass is 480 g/mol. The number of aryl methyl sites for hydroxylation is 1. The zero-order valence-electron chi connectivity index (χ0n) is 19.5. The van der Waals surface area contributed by atoms with Crippen molar-refractivity contribution in [2.75, 3.05) is 13.2 Å². The molecule has 0 bridgehead atoms. The molecule has 0 amide bonds. The molecule has 178 valence electrons. The lowest BCUT2D eigenvalue weighted by Gasteiger charge is -2.15. The van der Waals surface area contributed by atoms with Gasteiger partial charge < -0.3 is 14.2 Å². The van der Waals surface area contributed by atoms with Crippen molar-refractivity contribution in [3.8, 4) is 16.9 Å². The van der Waals surface area contributed by atoms with Gasteiger partial charge in [0.25, 0.3) is 0 Å². The zero-order chi connectivity index (χ0) is 24.3. The summed E-state index contributed by atoms with van der Waals surface area (Å²) in [5.74, 6) is -1.33. The Morgan fingerprint density at radius 2 is 1.50 bits per heavy atom. The van der Waals surface area contributed by atoms with E-state index in [9.17, 15) is 9.59 Å². The molecule has 0 aliphatic carbocycles. The van der Waals surface area contributed by atoms with Crippen LogP contribution in [0, 0.1) is 5.92 Å². The van der Waals surface area contributed by atoms with Gasteiger partial charge in [0.15, 0.2) is 5.92 Å². The average Bonchev–Trinajstić information content (AvgIpc) is 2.85. The predicted molar refractivity (Wildman–Crippen MR) is 133 cm³/mol. The fourth-order valence-electron chi connectivity index (χ4n) is 3.55. The molecule has 0 radical (unpaired) electrons. The van der Waals surface area contributed by atoms with Crippen molar-refractivity contribution in [1.29, 1.82) is 0 Å². The Balaban J connectivity index is 1.68. The molecule has 0 aliphatic heterocycles. The number of carbonyl (C=O) groups is 2. The highest BCUT2D eigenvalue weighted by Crippen LogP contribution is 2.29. The Bertz CT molecular complexity index is 1080. The molecule has 3 aromatic rings. The van der Waals surface area contributed by atoms with Gasteiger partial charge in [-0.05, 0) is 67.1 Å². The van der Waals surface area contributed by atoms with Gasteiger partial charge in [0.2, 0.25) is 0 Å². The first-order chi connectivity index (χ1) is 16.5. The number of hydrogen-bond donors (Lipinski definition) is 0. The minimum Gasteiger partial charge on any atom is -0.489 e. The number of esters is 2. The van der Waals surface area contributed by atoms with E-state index in [1.165, 1.54) is 0 Å². The summed E-state index contributed by atoms with van der Waals surface area (Å²) < 4.78 is 16.0. The number of benzene rings is 3.